The SMILES string of the molecule is COc1cc([C@H](N)CCF)ccc1F.Cl. The lowest BCUT2D eigenvalue weighted by molar-refractivity contribution is 0.384. The summed E-state index contributed by atoms with van der Waals surface area (Å²) in [6.07, 6.45) is 0.231. The Labute approximate surface area is 93.8 Å². The standard InChI is InChI=1S/C10H13F2NO.ClH/c1-14-10-6-7(2-3-8(10)12)9(13)4-5-11;/h2-3,6,9H,4-5,13H2,1H3;1H/t9-;/m1./s1. The van der Waals surface area contributed by atoms with Crippen LogP contribution in [-0.4, -0.2) is 13.8 Å². The summed E-state index contributed by atoms with van der Waals surface area (Å²) in [6.45, 7) is -0.485. The van der Waals surface area contributed by atoms with Crippen LogP contribution in [0.2, 0.25) is 0 Å². The summed E-state index contributed by atoms with van der Waals surface area (Å²) in [5, 5.41) is 0. The second kappa shape index (κ2) is 6.58. The van der Waals surface area contributed by atoms with Crippen molar-refractivity contribution < 1.29 is 13.5 Å². The molecule has 0 fully saturated rings. The van der Waals surface area contributed by atoms with Gasteiger partial charge in [-0.15, -0.1) is 12.4 Å². The van der Waals surface area contributed by atoms with Crippen LogP contribution >= 0.6 is 12.4 Å². The molecular weight excluding hydrogens is 224 g/mol. The van der Waals surface area contributed by atoms with Crippen LogP contribution in [0.5, 0.6) is 5.75 Å². The molecule has 0 bridgehead atoms. The van der Waals surface area contributed by atoms with Crippen molar-refractivity contribution in [3.8, 4) is 5.75 Å². The Balaban J connectivity index is 0.00000196. The average molecular weight is 238 g/mol. The van der Waals surface area contributed by atoms with Gasteiger partial charge in [0.2, 0.25) is 0 Å². The highest BCUT2D eigenvalue weighted by Crippen LogP contribution is 2.22. The van der Waals surface area contributed by atoms with Gasteiger partial charge in [-0.1, -0.05) is 6.07 Å². The first-order valence-electron chi connectivity index (χ1n) is 4.34. The molecule has 0 radical (unpaired) electrons. The van der Waals surface area contributed by atoms with Crippen LogP contribution in [0.25, 0.3) is 0 Å². The second-order valence-corrected chi connectivity index (χ2v) is 2.98. The van der Waals surface area contributed by atoms with Gasteiger partial charge >= 0.3 is 0 Å². The number of hydrogen-bond donors (Lipinski definition) is 1. The predicted molar refractivity (Wildman–Crippen MR) is 57.7 cm³/mol. The molecule has 0 amide bonds. The first-order valence-corrected chi connectivity index (χ1v) is 4.34. The van der Waals surface area contributed by atoms with E-state index >= 15 is 0 Å². The molecule has 0 unspecified atom stereocenters. The molecule has 86 valence electrons. The topological polar surface area (TPSA) is 35.2 Å². The third kappa shape index (κ3) is 3.64. The van der Waals surface area contributed by atoms with Crippen molar-refractivity contribution in [3.05, 3.63) is 29.6 Å². The molecule has 5 heteroatoms. The van der Waals surface area contributed by atoms with E-state index in [1.54, 1.807) is 0 Å². The van der Waals surface area contributed by atoms with Crippen molar-refractivity contribution in [2.24, 2.45) is 5.73 Å². The highest BCUT2D eigenvalue weighted by molar-refractivity contribution is 5.85. The predicted octanol–water partition coefficient (Wildman–Crippen LogP) is 2.62. The first-order chi connectivity index (χ1) is 6.69. The number of methoxy groups -OCH3 is 1. The Hall–Kier alpha value is -0.870. The highest BCUT2D eigenvalue weighted by Gasteiger charge is 2.09. The molecule has 0 saturated heterocycles. The van der Waals surface area contributed by atoms with Gasteiger partial charge in [0.25, 0.3) is 0 Å². The van der Waals surface area contributed by atoms with Gasteiger partial charge in [0.1, 0.15) is 0 Å². The Morgan fingerprint density at radius 3 is 2.67 bits per heavy atom. The van der Waals surface area contributed by atoms with Gasteiger partial charge in [0.15, 0.2) is 11.6 Å². The Morgan fingerprint density at radius 1 is 1.47 bits per heavy atom. The van der Waals surface area contributed by atoms with E-state index in [9.17, 15) is 8.78 Å². The summed E-state index contributed by atoms with van der Waals surface area (Å²) in [5.41, 5.74) is 6.34. The zero-order valence-electron chi connectivity index (χ0n) is 8.37. The second-order valence-electron chi connectivity index (χ2n) is 2.98. The molecule has 0 spiro atoms. The maximum atomic E-state index is 13.0. The van der Waals surface area contributed by atoms with Gasteiger partial charge in [0.05, 0.1) is 13.8 Å². The number of ether oxygens (including phenoxy) is 1. The third-order valence-electron chi connectivity index (χ3n) is 2.02. The molecule has 1 rings (SSSR count). The lowest BCUT2D eigenvalue weighted by atomic mass is 10.1. The zero-order chi connectivity index (χ0) is 10.6. The van der Waals surface area contributed by atoms with E-state index in [1.165, 1.54) is 25.3 Å². The molecule has 0 aromatic heterocycles. The summed E-state index contributed by atoms with van der Waals surface area (Å²) in [7, 11) is 1.38. The summed E-state index contributed by atoms with van der Waals surface area (Å²) in [6, 6.07) is 3.90. The smallest absolute Gasteiger partial charge is 0.165 e. The van der Waals surface area contributed by atoms with E-state index in [-0.39, 0.29) is 24.6 Å². The van der Waals surface area contributed by atoms with Crippen LogP contribution in [-0.2, 0) is 0 Å². The fraction of sp³-hybridized carbons (Fsp3) is 0.400. The monoisotopic (exact) mass is 237 g/mol. The molecule has 1 aromatic rings. The minimum Gasteiger partial charge on any atom is -0.494 e. The normalized spacial score (nSPS) is 11.7. The van der Waals surface area contributed by atoms with E-state index in [0.29, 0.717) is 5.56 Å². The Bertz CT molecular complexity index is 309. The van der Waals surface area contributed by atoms with Crippen LogP contribution < -0.4 is 10.5 Å². The summed E-state index contributed by atoms with van der Waals surface area (Å²) < 4.78 is 29.8. The lowest BCUT2D eigenvalue weighted by Crippen LogP contribution is -2.11. The molecule has 1 atom stereocenters. The lowest BCUT2D eigenvalue weighted by Gasteiger charge is -2.11. The molecule has 0 aliphatic heterocycles. The molecule has 0 saturated carbocycles. The molecule has 0 aliphatic carbocycles. The van der Waals surface area contributed by atoms with E-state index in [1.807, 2.05) is 0 Å². The van der Waals surface area contributed by atoms with Crippen LogP contribution in [0.4, 0.5) is 8.78 Å². The molecule has 2 N–H and O–H groups in total. The fourth-order valence-corrected chi connectivity index (χ4v) is 1.19. The van der Waals surface area contributed by atoms with Gasteiger partial charge in [-0.2, -0.15) is 0 Å². The number of benzene rings is 1. The molecule has 0 heterocycles. The number of rotatable bonds is 4. The van der Waals surface area contributed by atoms with Crippen molar-refractivity contribution in [2.75, 3.05) is 13.8 Å². The number of hydrogen-bond acceptors (Lipinski definition) is 2. The number of nitrogens with two attached hydrogens (primary N) is 1. The summed E-state index contributed by atoms with van der Waals surface area (Å²) in [4.78, 5) is 0. The van der Waals surface area contributed by atoms with Crippen molar-refractivity contribution >= 4 is 12.4 Å². The van der Waals surface area contributed by atoms with Crippen LogP contribution in [0, 0.1) is 5.82 Å². The van der Waals surface area contributed by atoms with Gasteiger partial charge < -0.3 is 10.5 Å². The minimum atomic E-state index is -0.485. The van der Waals surface area contributed by atoms with E-state index in [4.69, 9.17) is 10.5 Å². The molecule has 0 aliphatic rings. The van der Waals surface area contributed by atoms with Crippen LogP contribution in [0.3, 0.4) is 0 Å². The number of alkyl halides is 1. The maximum absolute atomic E-state index is 13.0. The summed E-state index contributed by atoms with van der Waals surface area (Å²) >= 11 is 0. The number of halogens is 3. The van der Waals surface area contributed by atoms with Crippen molar-refractivity contribution in [3.63, 3.8) is 0 Å². The Kier molecular flexibility index (Phi) is 6.20. The largest absolute Gasteiger partial charge is 0.494 e. The van der Waals surface area contributed by atoms with E-state index in [2.05, 4.69) is 0 Å². The van der Waals surface area contributed by atoms with Gasteiger partial charge in [0, 0.05) is 6.04 Å². The molecular formula is C10H14ClF2NO. The average Bonchev–Trinajstić information content (AvgIpc) is 2.19. The van der Waals surface area contributed by atoms with Gasteiger partial charge in [-0.25, -0.2) is 4.39 Å². The van der Waals surface area contributed by atoms with Crippen molar-refractivity contribution in [1.82, 2.24) is 0 Å². The Morgan fingerprint density at radius 2 is 2.13 bits per heavy atom. The van der Waals surface area contributed by atoms with Crippen molar-refractivity contribution in [1.29, 1.82) is 0 Å². The van der Waals surface area contributed by atoms with Gasteiger partial charge in [-0.3, -0.25) is 4.39 Å². The molecule has 15 heavy (non-hydrogen) atoms. The minimum absolute atomic E-state index is 0. The quantitative estimate of drug-likeness (QED) is 0.874. The van der Waals surface area contributed by atoms with E-state index in [0.717, 1.165) is 0 Å². The fourth-order valence-electron chi connectivity index (χ4n) is 1.19. The van der Waals surface area contributed by atoms with Gasteiger partial charge in [-0.05, 0) is 24.1 Å². The van der Waals surface area contributed by atoms with Crippen LogP contribution in [0.1, 0.15) is 18.0 Å². The molecule has 2 nitrogen and oxygen atoms in total. The first kappa shape index (κ1) is 14.1. The van der Waals surface area contributed by atoms with E-state index < -0.39 is 18.5 Å². The van der Waals surface area contributed by atoms with Crippen LogP contribution in [0.15, 0.2) is 18.2 Å². The summed E-state index contributed by atoms with van der Waals surface area (Å²) in [5.74, 6) is -0.305. The molecule has 1 aromatic carbocycles. The zero-order valence-corrected chi connectivity index (χ0v) is 9.19. The maximum Gasteiger partial charge on any atom is 0.165 e. The third-order valence-corrected chi connectivity index (χ3v) is 2.02. The highest BCUT2D eigenvalue weighted by atomic mass is 35.5. The van der Waals surface area contributed by atoms with Crippen molar-refractivity contribution in [2.45, 2.75) is 12.5 Å².